The predicted molar refractivity (Wildman–Crippen MR) is 84.9 cm³/mol. The van der Waals surface area contributed by atoms with Gasteiger partial charge in [0.15, 0.2) is 5.16 Å². The number of benzene rings is 1. The second kappa shape index (κ2) is 6.37. The first-order valence-electron chi connectivity index (χ1n) is 6.77. The lowest BCUT2D eigenvalue weighted by molar-refractivity contribution is 0.716. The second-order valence-electron chi connectivity index (χ2n) is 5.24. The van der Waals surface area contributed by atoms with Gasteiger partial charge in [0.25, 0.3) is 0 Å². The van der Waals surface area contributed by atoms with E-state index in [0.29, 0.717) is 0 Å². The van der Waals surface area contributed by atoms with E-state index < -0.39 is 0 Å². The molecule has 0 bridgehead atoms. The van der Waals surface area contributed by atoms with Crippen molar-refractivity contribution in [1.82, 2.24) is 9.97 Å². The van der Waals surface area contributed by atoms with Crippen molar-refractivity contribution in [2.45, 2.75) is 44.1 Å². The van der Waals surface area contributed by atoms with Crippen molar-refractivity contribution in [2.24, 2.45) is 5.73 Å². The Morgan fingerprint density at radius 3 is 2.05 bits per heavy atom. The number of rotatable bonds is 4. The maximum atomic E-state index is 6.15. The molecule has 0 amide bonds. The normalized spacial score (nSPS) is 14.1. The standard InChI is InChI=1S/C16H21N3S/c1-10-5-7-14(8-6-10)15(13(4)17)20-16-18-11(2)9-12(3)19-16/h5-9,13,15H,17H2,1-4H3. The number of hydrogen-bond donors (Lipinski definition) is 1. The van der Waals surface area contributed by atoms with Gasteiger partial charge in [-0.2, -0.15) is 0 Å². The first kappa shape index (κ1) is 15.0. The molecule has 3 nitrogen and oxygen atoms in total. The van der Waals surface area contributed by atoms with Gasteiger partial charge in [0.1, 0.15) is 0 Å². The van der Waals surface area contributed by atoms with Crippen LogP contribution in [-0.4, -0.2) is 16.0 Å². The average molecular weight is 287 g/mol. The first-order chi connectivity index (χ1) is 9.45. The third-order valence-electron chi connectivity index (χ3n) is 3.08. The van der Waals surface area contributed by atoms with Crippen LogP contribution in [0.25, 0.3) is 0 Å². The minimum Gasteiger partial charge on any atom is -0.327 e. The molecular formula is C16H21N3S. The van der Waals surface area contributed by atoms with Crippen molar-refractivity contribution >= 4 is 11.8 Å². The maximum absolute atomic E-state index is 6.15. The average Bonchev–Trinajstić information content (AvgIpc) is 2.36. The molecule has 2 unspecified atom stereocenters. The van der Waals surface area contributed by atoms with Crippen LogP contribution in [0.4, 0.5) is 0 Å². The summed E-state index contributed by atoms with van der Waals surface area (Å²) in [5.74, 6) is 0. The van der Waals surface area contributed by atoms with E-state index in [-0.39, 0.29) is 11.3 Å². The van der Waals surface area contributed by atoms with E-state index in [1.54, 1.807) is 11.8 Å². The summed E-state index contributed by atoms with van der Waals surface area (Å²) in [5.41, 5.74) is 10.6. The number of nitrogens with zero attached hydrogens (tertiary/aromatic N) is 2. The van der Waals surface area contributed by atoms with Crippen molar-refractivity contribution in [3.8, 4) is 0 Å². The lowest BCUT2D eigenvalue weighted by Crippen LogP contribution is -2.22. The van der Waals surface area contributed by atoms with Crippen LogP contribution < -0.4 is 5.73 Å². The van der Waals surface area contributed by atoms with Crippen LogP contribution in [0.3, 0.4) is 0 Å². The van der Waals surface area contributed by atoms with Gasteiger partial charge in [0.2, 0.25) is 0 Å². The zero-order valence-electron chi connectivity index (χ0n) is 12.4. The van der Waals surface area contributed by atoms with Crippen LogP contribution in [0.15, 0.2) is 35.5 Å². The molecule has 0 aliphatic heterocycles. The van der Waals surface area contributed by atoms with Gasteiger partial charge >= 0.3 is 0 Å². The minimum absolute atomic E-state index is 0.0344. The van der Waals surface area contributed by atoms with Crippen molar-refractivity contribution in [1.29, 1.82) is 0 Å². The number of nitrogens with two attached hydrogens (primary N) is 1. The fourth-order valence-electron chi connectivity index (χ4n) is 2.09. The summed E-state index contributed by atoms with van der Waals surface area (Å²) in [6.45, 7) is 8.10. The molecule has 2 aromatic rings. The van der Waals surface area contributed by atoms with Crippen LogP contribution in [0.2, 0.25) is 0 Å². The van der Waals surface area contributed by atoms with Crippen LogP contribution in [0, 0.1) is 20.8 Å². The number of aromatic nitrogens is 2. The highest BCUT2D eigenvalue weighted by Gasteiger charge is 2.19. The largest absolute Gasteiger partial charge is 0.327 e. The SMILES string of the molecule is Cc1ccc(C(Sc2nc(C)cc(C)n2)C(C)N)cc1. The van der Waals surface area contributed by atoms with Gasteiger partial charge in [-0.15, -0.1) is 0 Å². The fourth-order valence-corrected chi connectivity index (χ4v) is 3.22. The molecule has 0 aliphatic carbocycles. The van der Waals surface area contributed by atoms with Gasteiger partial charge in [0.05, 0.1) is 5.25 Å². The highest BCUT2D eigenvalue weighted by Crippen LogP contribution is 2.35. The smallest absolute Gasteiger partial charge is 0.188 e. The van der Waals surface area contributed by atoms with E-state index in [2.05, 4.69) is 41.2 Å². The fraction of sp³-hybridized carbons (Fsp3) is 0.375. The van der Waals surface area contributed by atoms with E-state index in [0.717, 1.165) is 16.5 Å². The molecule has 4 heteroatoms. The summed E-state index contributed by atoms with van der Waals surface area (Å²) in [6.07, 6.45) is 0. The van der Waals surface area contributed by atoms with E-state index in [9.17, 15) is 0 Å². The Morgan fingerprint density at radius 2 is 1.55 bits per heavy atom. The van der Waals surface area contributed by atoms with E-state index in [4.69, 9.17) is 5.73 Å². The Labute approximate surface area is 125 Å². The Hall–Kier alpha value is -1.39. The summed E-state index contributed by atoms with van der Waals surface area (Å²) in [6, 6.07) is 10.5. The summed E-state index contributed by atoms with van der Waals surface area (Å²) >= 11 is 1.64. The van der Waals surface area contributed by atoms with Gasteiger partial charge in [-0.25, -0.2) is 9.97 Å². The zero-order chi connectivity index (χ0) is 14.7. The van der Waals surface area contributed by atoms with Crippen LogP contribution >= 0.6 is 11.8 Å². The third kappa shape index (κ3) is 3.81. The summed E-state index contributed by atoms with van der Waals surface area (Å²) in [5, 5.41) is 0.960. The molecule has 2 rings (SSSR count). The highest BCUT2D eigenvalue weighted by atomic mass is 32.2. The molecule has 2 N–H and O–H groups in total. The third-order valence-corrected chi connectivity index (χ3v) is 4.43. The van der Waals surface area contributed by atoms with Crippen molar-refractivity contribution < 1.29 is 0 Å². The summed E-state index contributed by atoms with van der Waals surface area (Å²) in [4.78, 5) is 8.99. The van der Waals surface area contributed by atoms with E-state index in [1.807, 2.05) is 26.8 Å². The molecule has 2 atom stereocenters. The Balaban J connectivity index is 2.27. The number of aryl methyl sites for hydroxylation is 3. The van der Waals surface area contributed by atoms with E-state index >= 15 is 0 Å². The molecule has 1 heterocycles. The second-order valence-corrected chi connectivity index (χ2v) is 6.35. The summed E-state index contributed by atoms with van der Waals surface area (Å²) < 4.78 is 0. The molecule has 0 spiro atoms. The number of hydrogen-bond acceptors (Lipinski definition) is 4. The predicted octanol–water partition coefficient (Wildman–Crippen LogP) is 3.58. The highest BCUT2D eigenvalue weighted by molar-refractivity contribution is 7.99. The minimum atomic E-state index is 0.0344. The summed E-state index contributed by atoms with van der Waals surface area (Å²) in [7, 11) is 0. The molecular weight excluding hydrogens is 266 g/mol. The van der Waals surface area contributed by atoms with Crippen LogP contribution in [0.1, 0.15) is 34.7 Å². The molecule has 20 heavy (non-hydrogen) atoms. The van der Waals surface area contributed by atoms with Crippen molar-refractivity contribution in [3.63, 3.8) is 0 Å². The van der Waals surface area contributed by atoms with Gasteiger partial charge in [-0.3, -0.25) is 0 Å². The Bertz CT molecular complexity index is 559. The van der Waals surface area contributed by atoms with Gasteiger partial charge < -0.3 is 5.73 Å². The van der Waals surface area contributed by atoms with Crippen LogP contribution in [0.5, 0.6) is 0 Å². The topological polar surface area (TPSA) is 51.8 Å². The molecule has 106 valence electrons. The monoisotopic (exact) mass is 287 g/mol. The Morgan fingerprint density at radius 1 is 1.00 bits per heavy atom. The van der Waals surface area contributed by atoms with Gasteiger partial charge in [-0.1, -0.05) is 41.6 Å². The molecule has 1 aromatic carbocycles. The quantitative estimate of drug-likeness (QED) is 0.690. The molecule has 0 saturated carbocycles. The lowest BCUT2D eigenvalue weighted by atomic mass is 10.1. The first-order valence-corrected chi connectivity index (χ1v) is 7.65. The van der Waals surface area contributed by atoms with Gasteiger partial charge in [0, 0.05) is 17.4 Å². The number of thioether (sulfide) groups is 1. The molecule has 0 fully saturated rings. The zero-order valence-corrected chi connectivity index (χ0v) is 13.2. The molecule has 1 aromatic heterocycles. The van der Waals surface area contributed by atoms with E-state index in [1.165, 1.54) is 11.1 Å². The molecule has 0 aliphatic rings. The maximum Gasteiger partial charge on any atom is 0.188 e. The molecule has 0 saturated heterocycles. The van der Waals surface area contributed by atoms with Crippen molar-refractivity contribution in [2.75, 3.05) is 0 Å². The van der Waals surface area contributed by atoms with Crippen molar-refractivity contribution in [3.05, 3.63) is 52.8 Å². The van der Waals surface area contributed by atoms with Crippen LogP contribution in [-0.2, 0) is 0 Å². The molecule has 0 radical (unpaired) electrons. The Kier molecular flexibility index (Phi) is 4.78. The lowest BCUT2D eigenvalue weighted by Gasteiger charge is -2.20. The van der Waals surface area contributed by atoms with Gasteiger partial charge in [-0.05, 0) is 39.3 Å².